The molecule has 0 bridgehead atoms. The van der Waals surface area contributed by atoms with Crippen LogP contribution < -0.4 is 5.32 Å². The van der Waals surface area contributed by atoms with E-state index in [0.717, 1.165) is 19.0 Å². The highest BCUT2D eigenvalue weighted by Crippen LogP contribution is 2.37. The van der Waals surface area contributed by atoms with Crippen molar-refractivity contribution in [1.29, 1.82) is 0 Å². The monoisotopic (exact) mass is 237 g/mol. The van der Waals surface area contributed by atoms with Gasteiger partial charge < -0.3 is 10.2 Å². The fourth-order valence-electron chi connectivity index (χ4n) is 3.01. The summed E-state index contributed by atoms with van der Waals surface area (Å²) in [6.45, 7) is 8.91. The number of nitrogens with zero attached hydrogens (tertiary/aromatic N) is 2. The van der Waals surface area contributed by atoms with Crippen molar-refractivity contribution in [3.05, 3.63) is 0 Å². The van der Waals surface area contributed by atoms with Crippen molar-refractivity contribution >= 4 is 5.96 Å². The molecule has 98 valence electrons. The zero-order valence-corrected chi connectivity index (χ0v) is 11.5. The van der Waals surface area contributed by atoms with Gasteiger partial charge in [0.25, 0.3) is 0 Å². The lowest BCUT2D eigenvalue weighted by Crippen LogP contribution is -2.40. The quantitative estimate of drug-likeness (QED) is 0.603. The van der Waals surface area contributed by atoms with Crippen LogP contribution in [0.1, 0.15) is 52.4 Å². The molecule has 2 fully saturated rings. The van der Waals surface area contributed by atoms with E-state index < -0.39 is 0 Å². The molecule has 0 spiro atoms. The van der Waals surface area contributed by atoms with E-state index in [2.05, 4.69) is 24.1 Å². The van der Waals surface area contributed by atoms with Crippen LogP contribution in [0.25, 0.3) is 0 Å². The molecule has 0 aromatic heterocycles. The van der Waals surface area contributed by atoms with Crippen LogP contribution in [0.3, 0.4) is 0 Å². The maximum atomic E-state index is 4.88. The van der Waals surface area contributed by atoms with Gasteiger partial charge >= 0.3 is 0 Å². The van der Waals surface area contributed by atoms with Gasteiger partial charge in [-0.2, -0.15) is 0 Å². The Morgan fingerprint density at radius 2 is 1.82 bits per heavy atom. The fourth-order valence-corrected chi connectivity index (χ4v) is 3.01. The van der Waals surface area contributed by atoms with Crippen LogP contribution in [0.5, 0.6) is 0 Å². The van der Waals surface area contributed by atoms with Crippen LogP contribution >= 0.6 is 0 Å². The van der Waals surface area contributed by atoms with E-state index in [1.165, 1.54) is 51.6 Å². The Hall–Kier alpha value is -0.730. The summed E-state index contributed by atoms with van der Waals surface area (Å²) >= 11 is 0. The zero-order chi connectivity index (χ0) is 12.1. The molecular formula is C14H27N3. The number of hydrogen-bond acceptors (Lipinski definition) is 1. The maximum absolute atomic E-state index is 4.88. The van der Waals surface area contributed by atoms with Crippen LogP contribution in [-0.4, -0.2) is 37.0 Å². The minimum absolute atomic E-state index is 0.473. The predicted molar refractivity (Wildman–Crippen MR) is 73.4 cm³/mol. The number of aliphatic imine (C=N–C) groups is 1. The van der Waals surface area contributed by atoms with E-state index in [-0.39, 0.29) is 0 Å². The molecule has 0 unspecified atom stereocenters. The first-order valence-electron chi connectivity index (χ1n) is 7.27. The first-order valence-corrected chi connectivity index (χ1v) is 7.27. The zero-order valence-electron chi connectivity index (χ0n) is 11.5. The summed E-state index contributed by atoms with van der Waals surface area (Å²) in [6.07, 6.45) is 8.15. The van der Waals surface area contributed by atoms with Gasteiger partial charge in [0.1, 0.15) is 0 Å². The van der Waals surface area contributed by atoms with Gasteiger partial charge in [-0.25, -0.2) is 0 Å². The van der Waals surface area contributed by atoms with Crippen molar-refractivity contribution in [3.63, 3.8) is 0 Å². The minimum atomic E-state index is 0.473. The molecule has 1 saturated heterocycles. The third kappa shape index (κ3) is 3.36. The summed E-state index contributed by atoms with van der Waals surface area (Å²) in [5.74, 6) is 1.15. The van der Waals surface area contributed by atoms with Crippen LogP contribution in [0.4, 0.5) is 0 Å². The van der Waals surface area contributed by atoms with Crippen molar-refractivity contribution in [2.24, 2.45) is 10.4 Å². The van der Waals surface area contributed by atoms with Crippen molar-refractivity contribution in [3.8, 4) is 0 Å². The van der Waals surface area contributed by atoms with Gasteiger partial charge in [-0.3, -0.25) is 4.99 Å². The lowest BCUT2D eigenvalue weighted by Gasteiger charge is -2.25. The second-order valence-electron chi connectivity index (χ2n) is 5.88. The average molecular weight is 237 g/mol. The molecule has 1 aliphatic carbocycles. The Kier molecular flexibility index (Phi) is 4.30. The summed E-state index contributed by atoms with van der Waals surface area (Å²) in [7, 11) is 0. The molecule has 3 nitrogen and oxygen atoms in total. The molecule has 17 heavy (non-hydrogen) atoms. The molecule has 2 rings (SSSR count). The normalized spacial score (nSPS) is 24.4. The van der Waals surface area contributed by atoms with E-state index in [9.17, 15) is 0 Å². The smallest absolute Gasteiger partial charge is 0.193 e. The SMILES string of the molecule is CCNC(=NCC1(C)CCCC1)N1CCCC1. The highest BCUT2D eigenvalue weighted by Gasteiger charge is 2.28. The molecule has 1 aliphatic heterocycles. The van der Waals surface area contributed by atoms with Crippen molar-refractivity contribution in [2.75, 3.05) is 26.2 Å². The molecule has 1 N–H and O–H groups in total. The minimum Gasteiger partial charge on any atom is -0.357 e. The number of guanidine groups is 1. The average Bonchev–Trinajstić information content (AvgIpc) is 2.96. The summed E-state index contributed by atoms with van der Waals surface area (Å²) in [4.78, 5) is 7.30. The highest BCUT2D eigenvalue weighted by atomic mass is 15.3. The Morgan fingerprint density at radius 3 is 2.41 bits per heavy atom. The van der Waals surface area contributed by atoms with Crippen LogP contribution in [0.15, 0.2) is 4.99 Å². The molecule has 0 aromatic rings. The van der Waals surface area contributed by atoms with Gasteiger partial charge in [0.15, 0.2) is 5.96 Å². The molecule has 0 amide bonds. The van der Waals surface area contributed by atoms with Gasteiger partial charge in [-0.15, -0.1) is 0 Å². The van der Waals surface area contributed by atoms with E-state index in [1.54, 1.807) is 0 Å². The maximum Gasteiger partial charge on any atom is 0.193 e. The number of nitrogens with one attached hydrogen (secondary N) is 1. The molecule has 3 heteroatoms. The molecule has 2 aliphatic rings. The van der Waals surface area contributed by atoms with Gasteiger partial charge in [-0.05, 0) is 38.0 Å². The van der Waals surface area contributed by atoms with Gasteiger partial charge in [0, 0.05) is 26.2 Å². The van der Waals surface area contributed by atoms with Gasteiger partial charge in [0.2, 0.25) is 0 Å². The summed E-state index contributed by atoms with van der Waals surface area (Å²) in [5.41, 5.74) is 0.473. The summed E-state index contributed by atoms with van der Waals surface area (Å²) in [5, 5.41) is 3.44. The second kappa shape index (κ2) is 5.74. The van der Waals surface area contributed by atoms with E-state index >= 15 is 0 Å². The van der Waals surface area contributed by atoms with Crippen LogP contribution in [0.2, 0.25) is 0 Å². The van der Waals surface area contributed by atoms with E-state index in [0.29, 0.717) is 5.41 Å². The van der Waals surface area contributed by atoms with Crippen molar-refractivity contribution in [2.45, 2.75) is 52.4 Å². The Balaban J connectivity index is 1.94. The van der Waals surface area contributed by atoms with E-state index in [1.807, 2.05) is 0 Å². The van der Waals surface area contributed by atoms with E-state index in [4.69, 9.17) is 4.99 Å². The third-order valence-electron chi connectivity index (χ3n) is 4.16. The summed E-state index contributed by atoms with van der Waals surface area (Å²) in [6, 6.07) is 0. The Morgan fingerprint density at radius 1 is 1.18 bits per heavy atom. The third-order valence-corrected chi connectivity index (χ3v) is 4.16. The van der Waals surface area contributed by atoms with Crippen LogP contribution in [-0.2, 0) is 0 Å². The summed E-state index contributed by atoms with van der Waals surface area (Å²) < 4.78 is 0. The largest absolute Gasteiger partial charge is 0.357 e. The molecule has 0 radical (unpaired) electrons. The first-order chi connectivity index (χ1) is 8.23. The van der Waals surface area contributed by atoms with Gasteiger partial charge in [0.05, 0.1) is 0 Å². The molecule has 1 heterocycles. The number of hydrogen-bond donors (Lipinski definition) is 1. The first kappa shape index (κ1) is 12.7. The predicted octanol–water partition coefficient (Wildman–Crippen LogP) is 2.63. The molecule has 0 atom stereocenters. The molecule has 0 aromatic carbocycles. The Labute approximate surface area is 106 Å². The number of rotatable bonds is 3. The lowest BCUT2D eigenvalue weighted by molar-refractivity contribution is 0.347. The second-order valence-corrected chi connectivity index (χ2v) is 5.88. The van der Waals surface area contributed by atoms with Gasteiger partial charge in [-0.1, -0.05) is 19.8 Å². The van der Waals surface area contributed by atoms with Crippen LogP contribution in [0, 0.1) is 5.41 Å². The highest BCUT2D eigenvalue weighted by molar-refractivity contribution is 5.80. The number of likely N-dealkylation sites (tertiary alicyclic amines) is 1. The molecular weight excluding hydrogens is 210 g/mol. The molecule has 1 saturated carbocycles. The standard InChI is InChI=1S/C14H27N3/c1-3-15-13(17-10-6-7-11-17)16-12-14(2)8-4-5-9-14/h3-12H2,1-2H3,(H,15,16). The topological polar surface area (TPSA) is 27.6 Å². The fraction of sp³-hybridized carbons (Fsp3) is 0.929. The Bertz CT molecular complexity index is 261. The van der Waals surface area contributed by atoms with Crippen molar-refractivity contribution < 1.29 is 0 Å². The lowest BCUT2D eigenvalue weighted by atomic mass is 9.89. The van der Waals surface area contributed by atoms with Crippen molar-refractivity contribution in [1.82, 2.24) is 10.2 Å².